The highest BCUT2D eigenvalue weighted by atomic mass is 19.4. The summed E-state index contributed by atoms with van der Waals surface area (Å²) in [5, 5.41) is 17.9. The Morgan fingerprint density at radius 2 is 1.90 bits per heavy atom. The fourth-order valence-corrected chi connectivity index (χ4v) is 3.04. The van der Waals surface area contributed by atoms with Gasteiger partial charge in [0.25, 0.3) is 0 Å². The van der Waals surface area contributed by atoms with Gasteiger partial charge in [-0.15, -0.1) is 0 Å². The van der Waals surface area contributed by atoms with Gasteiger partial charge in [-0.3, -0.25) is 14.3 Å². The summed E-state index contributed by atoms with van der Waals surface area (Å²) in [5.41, 5.74) is 1.46. The van der Waals surface area contributed by atoms with E-state index in [1.807, 2.05) is 13.0 Å². The summed E-state index contributed by atoms with van der Waals surface area (Å²) >= 11 is 0. The first-order chi connectivity index (χ1) is 14.0. The molecular weight excluding hydrogens is 399 g/mol. The predicted octanol–water partition coefficient (Wildman–Crippen LogP) is 3.96. The molecule has 2 rings (SSSR count). The first-order valence-electron chi connectivity index (χ1n) is 9.21. The van der Waals surface area contributed by atoms with Gasteiger partial charge in [-0.25, -0.2) is 0 Å². The molecule has 10 heteroatoms. The molecule has 1 heterocycles. The number of aromatic nitrogens is 2. The number of amides is 2. The minimum Gasteiger partial charge on any atom is -0.325 e. The van der Waals surface area contributed by atoms with Gasteiger partial charge in [-0.2, -0.15) is 23.5 Å². The zero-order chi connectivity index (χ0) is 22.5. The Morgan fingerprint density at radius 1 is 1.20 bits per heavy atom. The number of aryl methyl sites for hydroxylation is 2. The molecule has 1 aromatic carbocycles. The number of hydrogen-bond acceptors (Lipinski definition) is 4. The van der Waals surface area contributed by atoms with Gasteiger partial charge in [-0.1, -0.05) is 0 Å². The minimum atomic E-state index is -4.58. The van der Waals surface area contributed by atoms with Crippen LogP contribution < -0.4 is 10.6 Å². The lowest BCUT2D eigenvalue weighted by atomic mass is 10.1. The van der Waals surface area contributed by atoms with Crippen molar-refractivity contribution in [3.05, 3.63) is 40.7 Å². The number of halogens is 3. The number of benzene rings is 1. The van der Waals surface area contributed by atoms with E-state index in [4.69, 9.17) is 5.26 Å². The van der Waals surface area contributed by atoms with Crippen molar-refractivity contribution in [3.63, 3.8) is 0 Å². The third-order valence-electron chi connectivity index (χ3n) is 4.50. The third-order valence-corrected chi connectivity index (χ3v) is 4.50. The second-order valence-electron chi connectivity index (χ2n) is 6.77. The second kappa shape index (κ2) is 9.43. The van der Waals surface area contributed by atoms with Crippen LogP contribution in [0.25, 0.3) is 0 Å². The number of nitrogens with zero attached hydrogens (tertiary/aromatic N) is 3. The Kier molecular flexibility index (Phi) is 7.21. The number of nitrogens with one attached hydrogen (secondary N) is 2. The fourth-order valence-electron chi connectivity index (χ4n) is 3.04. The number of nitriles is 1. The topological polar surface area (TPSA) is 99.8 Å². The van der Waals surface area contributed by atoms with Crippen LogP contribution in [0.3, 0.4) is 0 Å². The molecule has 0 aliphatic rings. The molecule has 0 atom stereocenters. The molecule has 0 saturated carbocycles. The molecule has 0 aliphatic carbocycles. The molecular formula is C20H22F3N5O2. The molecule has 160 valence electrons. The van der Waals surface area contributed by atoms with Crippen LogP contribution in [-0.4, -0.2) is 21.6 Å². The number of anilines is 2. The summed E-state index contributed by atoms with van der Waals surface area (Å²) in [5.74, 6) is -0.967. The molecule has 0 saturated heterocycles. The largest absolute Gasteiger partial charge is 0.416 e. The predicted molar refractivity (Wildman–Crippen MR) is 105 cm³/mol. The van der Waals surface area contributed by atoms with Crippen LogP contribution >= 0.6 is 0 Å². The summed E-state index contributed by atoms with van der Waals surface area (Å²) < 4.78 is 40.8. The van der Waals surface area contributed by atoms with Crippen molar-refractivity contribution in [2.75, 3.05) is 10.6 Å². The van der Waals surface area contributed by atoms with E-state index in [0.29, 0.717) is 19.4 Å². The Balaban J connectivity index is 2.15. The second-order valence-corrected chi connectivity index (χ2v) is 6.77. The molecule has 1 aromatic heterocycles. The maximum Gasteiger partial charge on any atom is 0.416 e. The van der Waals surface area contributed by atoms with Crippen LogP contribution in [0, 0.1) is 25.2 Å². The number of alkyl halides is 3. The molecule has 0 radical (unpaired) electrons. The van der Waals surface area contributed by atoms with E-state index in [9.17, 15) is 22.8 Å². The zero-order valence-electron chi connectivity index (χ0n) is 16.9. The van der Waals surface area contributed by atoms with Crippen molar-refractivity contribution in [1.82, 2.24) is 9.78 Å². The van der Waals surface area contributed by atoms with Crippen LogP contribution in [0.1, 0.15) is 42.3 Å². The van der Waals surface area contributed by atoms with Gasteiger partial charge in [0.05, 0.1) is 41.7 Å². The molecule has 2 aromatic rings. The van der Waals surface area contributed by atoms with Crippen molar-refractivity contribution in [1.29, 1.82) is 5.26 Å². The molecule has 7 nitrogen and oxygen atoms in total. The van der Waals surface area contributed by atoms with Crippen LogP contribution in [0.2, 0.25) is 0 Å². The smallest absolute Gasteiger partial charge is 0.325 e. The summed E-state index contributed by atoms with van der Waals surface area (Å²) in [7, 11) is 0. The van der Waals surface area contributed by atoms with E-state index < -0.39 is 23.6 Å². The SMILES string of the molecule is CC(=O)Nc1ccc(C(F)(F)F)cc1NC(=O)CCc1c(C)nn(CCC#N)c1C. The fraction of sp³-hybridized carbons (Fsp3) is 0.400. The van der Waals surface area contributed by atoms with Crippen molar-refractivity contribution in [2.24, 2.45) is 0 Å². The third kappa shape index (κ3) is 5.83. The zero-order valence-corrected chi connectivity index (χ0v) is 16.9. The van der Waals surface area contributed by atoms with Crippen LogP contribution in [0.4, 0.5) is 24.5 Å². The van der Waals surface area contributed by atoms with E-state index in [1.54, 1.807) is 11.6 Å². The molecule has 2 amide bonds. The van der Waals surface area contributed by atoms with E-state index in [0.717, 1.165) is 35.2 Å². The number of carbonyl (C=O) groups is 2. The average molecular weight is 421 g/mol. The van der Waals surface area contributed by atoms with Gasteiger partial charge in [0, 0.05) is 19.0 Å². The molecule has 0 aliphatic heterocycles. The standard InChI is InChI=1S/C20H22F3N5O2/c1-12-16(13(2)28(27-12)10-4-9-24)6-8-19(30)26-18-11-15(20(21,22)23)5-7-17(18)25-14(3)29/h5,7,11H,4,6,8,10H2,1-3H3,(H,25,29)(H,26,30). The van der Waals surface area contributed by atoms with Crippen molar-refractivity contribution in [2.45, 2.75) is 52.8 Å². The Labute approximate surface area is 171 Å². The molecule has 0 bridgehead atoms. The minimum absolute atomic E-state index is 0.0153. The van der Waals surface area contributed by atoms with Crippen molar-refractivity contribution < 1.29 is 22.8 Å². The van der Waals surface area contributed by atoms with Gasteiger partial charge in [0.1, 0.15) is 0 Å². The maximum absolute atomic E-state index is 13.0. The summed E-state index contributed by atoms with van der Waals surface area (Å²) in [6.07, 6.45) is -3.92. The quantitative estimate of drug-likeness (QED) is 0.707. The highest BCUT2D eigenvalue weighted by Gasteiger charge is 2.31. The van der Waals surface area contributed by atoms with E-state index in [1.165, 1.54) is 6.92 Å². The van der Waals surface area contributed by atoms with Gasteiger partial charge in [0.2, 0.25) is 11.8 Å². The number of hydrogen-bond donors (Lipinski definition) is 2. The molecule has 0 unspecified atom stereocenters. The normalized spacial score (nSPS) is 11.1. The highest BCUT2D eigenvalue weighted by Crippen LogP contribution is 2.34. The highest BCUT2D eigenvalue weighted by molar-refractivity contribution is 5.99. The Morgan fingerprint density at radius 3 is 2.50 bits per heavy atom. The monoisotopic (exact) mass is 421 g/mol. The summed E-state index contributed by atoms with van der Waals surface area (Å²) in [6, 6.07) is 4.78. The maximum atomic E-state index is 13.0. The van der Waals surface area contributed by atoms with Gasteiger partial charge >= 0.3 is 6.18 Å². The number of carbonyl (C=O) groups excluding carboxylic acids is 2. The van der Waals surface area contributed by atoms with Crippen LogP contribution in [0.5, 0.6) is 0 Å². The molecule has 2 N–H and O–H groups in total. The molecule has 0 fully saturated rings. The van der Waals surface area contributed by atoms with Crippen LogP contribution in [0.15, 0.2) is 18.2 Å². The number of rotatable bonds is 7. The van der Waals surface area contributed by atoms with Gasteiger partial charge in [-0.05, 0) is 44.0 Å². The van der Waals surface area contributed by atoms with Crippen molar-refractivity contribution >= 4 is 23.2 Å². The molecule has 30 heavy (non-hydrogen) atoms. The Hall–Kier alpha value is -3.35. The summed E-state index contributed by atoms with van der Waals surface area (Å²) in [4.78, 5) is 23.7. The molecule has 0 spiro atoms. The van der Waals surface area contributed by atoms with E-state index in [-0.39, 0.29) is 17.8 Å². The first-order valence-corrected chi connectivity index (χ1v) is 9.21. The summed E-state index contributed by atoms with van der Waals surface area (Å²) in [6.45, 7) is 5.30. The average Bonchev–Trinajstić information content (AvgIpc) is 2.91. The lowest BCUT2D eigenvalue weighted by Crippen LogP contribution is -2.17. The van der Waals surface area contributed by atoms with E-state index in [2.05, 4.69) is 15.7 Å². The van der Waals surface area contributed by atoms with E-state index >= 15 is 0 Å². The lowest BCUT2D eigenvalue weighted by Gasteiger charge is -2.15. The lowest BCUT2D eigenvalue weighted by molar-refractivity contribution is -0.137. The van der Waals surface area contributed by atoms with Crippen LogP contribution in [-0.2, 0) is 28.7 Å². The first kappa shape index (κ1) is 22.9. The van der Waals surface area contributed by atoms with Gasteiger partial charge < -0.3 is 10.6 Å². The van der Waals surface area contributed by atoms with Crippen molar-refractivity contribution in [3.8, 4) is 6.07 Å². The van der Waals surface area contributed by atoms with Gasteiger partial charge in [0.15, 0.2) is 0 Å². The Bertz CT molecular complexity index is 990.